The maximum atomic E-state index is 14.2. The van der Waals surface area contributed by atoms with Crippen molar-refractivity contribution < 1.29 is 4.39 Å². The molecule has 3 heteroatoms. The molecule has 0 saturated carbocycles. The largest absolute Gasteiger partial charge is 0.298 e. The number of rotatable bonds is 3. The zero-order chi connectivity index (χ0) is 14.8. The molecule has 0 atom stereocenters. The van der Waals surface area contributed by atoms with Crippen LogP contribution in [0.5, 0.6) is 0 Å². The van der Waals surface area contributed by atoms with Gasteiger partial charge in [-0.25, -0.2) is 9.38 Å². The van der Waals surface area contributed by atoms with Crippen LogP contribution in [0.2, 0.25) is 0 Å². The van der Waals surface area contributed by atoms with Gasteiger partial charge in [-0.3, -0.25) is 4.90 Å². The second-order valence-electron chi connectivity index (χ2n) is 5.03. The number of amidine groups is 1. The third-order valence-electron chi connectivity index (χ3n) is 3.55. The number of fused-ring (bicyclic) bond motifs is 1. The van der Waals surface area contributed by atoms with Crippen LogP contribution in [0.25, 0.3) is 5.70 Å². The SMILES string of the molecule is C=C1c2c(F)cccc2N=C(CCC)N1c1ccccc1. The van der Waals surface area contributed by atoms with E-state index in [-0.39, 0.29) is 5.82 Å². The molecule has 0 fully saturated rings. The van der Waals surface area contributed by atoms with Crippen LogP contribution in [0.1, 0.15) is 25.3 Å². The number of anilines is 1. The summed E-state index contributed by atoms with van der Waals surface area (Å²) in [5.74, 6) is 0.629. The Labute approximate surface area is 124 Å². The van der Waals surface area contributed by atoms with E-state index in [0.717, 1.165) is 24.4 Å². The van der Waals surface area contributed by atoms with Gasteiger partial charge in [0.15, 0.2) is 0 Å². The van der Waals surface area contributed by atoms with Gasteiger partial charge in [-0.05, 0) is 30.7 Å². The average molecular weight is 280 g/mol. The van der Waals surface area contributed by atoms with Crippen LogP contribution >= 0.6 is 0 Å². The summed E-state index contributed by atoms with van der Waals surface area (Å²) in [6.45, 7) is 6.22. The lowest BCUT2D eigenvalue weighted by molar-refractivity contribution is 0.623. The summed E-state index contributed by atoms with van der Waals surface area (Å²) in [5, 5.41) is 0. The van der Waals surface area contributed by atoms with Gasteiger partial charge in [-0.2, -0.15) is 0 Å². The van der Waals surface area contributed by atoms with Crippen LogP contribution in [-0.4, -0.2) is 5.84 Å². The fraction of sp³-hybridized carbons (Fsp3) is 0.167. The lowest BCUT2D eigenvalue weighted by Gasteiger charge is -2.32. The molecule has 2 aromatic rings. The van der Waals surface area contributed by atoms with Gasteiger partial charge in [0.05, 0.1) is 16.9 Å². The van der Waals surface area contributed by atoms with Crippen LogP contribution < -0.4 is 4.90 Å². The third-order valence-corrected chi connectivity index (χ3v) is 3.55. The molecule has 106 valence electrons. The summed E-state index contributed by atoms with van der Waals surface area (Å²) in [6.07, 6.45) is 1.80. The van der Waals surface area contributed by atoms with E-state index >= 15 is 0 Å². The predicted molar refractivity (Wildman–Crippen MR) is 86.4 cm³/mol. The van der Waals surface area contributed by atoms with E-state index < -0.39 is 0 Å². The normalized spacial score (nSPS) is 13.9. The highest BCUT2D eigenvalue weighted by Crippen LogP contribution is 2.38. The Morgan fingerprint density at radius 1 is 1.10 bits per heavy atom. The van der Waals surface area contributed by atoms with E-state index in [1.54, 1.807) is 6.07 Å². The topological polar surface area (TPSA) is 15.6 Å². The fourth-order valence-corrected chi connectivity index (χ4v) is 2.62. The molecule has 0 spiro atoms. The van der Waals surface area contributed by atoms with E-state index in [9.17, 15) is 4.39 Å². The number of benzene rings is 2. The van der Waals surface area contributed by atoms with Crippen molar-refractivity contribution in [3.8, 4) is 0 Å². The molecule has 0 aliphatic carbocycles. The minimum Gasteiger partial charge on any atom is -0.298 e. The van der Waals surface area contributed by atoms with Crippen molar-refractivity contribution in [2.45, 2.75) is 19.8 Å². The van der Waals surface area contributed by atoms with Gasteiger partial charge in [0.2, 0.25) is 0 Å². The molecule has 1 heterocycles. The number of para-hydroxylation sites is 1. The lowest BCUT2D eigenvalue weighted by atomic mass is 10.0. The number of nitrogens with zero attached hydrogens (tertiary/aromatic N) is 2. The molecule has 0 unspecified atom stereocenters. The zero-order valence-electron chi connectivity index (χ0n) is 12.0. The molecular formula is C18H17FN2. The first kappa shape index (κ1) is 13.6. The highest BCUT2D eigenvalue weighted by atomic mass is 19.1. The van der Waals surface area contributed by atoms with E-state index in [1.165, 1.54) is 6.07 Å². The van der Waals surface area contributed by atoms with Gasteiger partial charge in [-0.1, -0.05) is 37.8 Å². The molecule has 0 bridgehead atoms. The molecule has 3 rings (SSSR count). The van der Waals surface area contributed by atoms with Crippen molar-refractivity contribution in [3.05, 3.63) is 66.5 Å². The molecule has 0 aromatic heterocycles. The van der Waals surface area contributed by atoms with Gasteiger partial charge >= 0.3 is 0 Å². The molecule has 21 heavy (non-hydrogen) atoms. The van der Waals surface area contributed by atoms with Crippen LogP contribution in [-0.2, 0) is 0 Å². The van der Waals surface area contributed by atoms with Crippen LogP contribution in [0, 0.1) is 5.82 Å². The first-order chi connectivity index (χ1) is 10.2. The number of aliphatic imine (C=N–C) groups is 1. The summed E-state index contributed by atoms with van der Waals surface area (Å²) in [5.41, 5.74) is 2.76. The number of hydrogen-bond acceptors (Lipinski definition) is 2. The third kappa shape index (κ3) is 2.35. The maximum absolute atomic E-state index is 14.2. The van der Waals surface area contributed by atoms with E-state index in [4.69, 9.17) is 0 Å². The Kier molecular flexibility index (Phi) is 3.57. The number of halogens is 1. The van der Waals surface area contributed by atoms with Crippen molar-refractivity contribution in [1.82, 2.24) is 0 Å². The molecule has 0 radical (unpaired) electrons. The van der Waals surface area contributed by atoms with Crippen molar-refractivity contribution in [2.24, 2.45) is 4.99 Å². The molecule has 1 aliphatic heterocycles. The molecule has 0 saturated heterocycles. The summed E-state index contributed by atoms with van der Waals surface area (Å²) in [4.78, 5) is 6.60. The van der Waals surface area contributed by atoms with Gasteiger partial charge in [0.1, 0.15) is 11.7 Å². The smallest absolute Gasteiger partial charge is 0.134 e. The predicted octanol–water partition coefficient (Wildman–Crippen LogP) is 5.15. The maximum Gasteiger partial charge on any atom is 0.134 e. The Morgan fingerprint density at radius 3 is 2.57 bits per heavy atom. The summed E-state index contributed by atoms with van der Waals surface area (Å²) < 4.78 is 14.2. The van der Waals surface area contributed by atoms with Crippen LogP contribution in [0.15, 0.2) is 60.1 Å². The lowest BCUT2D eigenvalue weighted by Crippen LogP contribution is -2.31. The van der Waals surface area contributed by atoms with Crippen molar-refractivity contribution in [3.63, 3.8) is 0 Å². The minimum atomic E-state index is -0.280. The van der Waals surface area contributed by atoms with E-state index in [0.29, 0.717) is 16.9 Å². The second kappa shape index (κ2) is 5.52. The van der Waals surface area contributed by atoms with Crippen molar-refractivity contribution in [2.75, 3.05) is 4.90 Å². The van der Waals surface area contributed by atoms with Crippen LogP contribution in [0.4, 0.5) is 15.8 Å². The van der Waals surface area contributed by atoms with E-state index in [1.807, 2.05) is 41.3 Å². The van der Waals surface area contributed by atoms with Crippen molar-refractivity contribution >= 4 is 22.9 Å². The molecule has 0 amide bonds. The quantitative estimate of drug-likeness (QED) is 0.759. The Balaban J connectivity index is 2.17. The first-order valence-electron chi connectivity index (χ1n) is 7.13. The second-order valence-corrected chi connectivity index (χ2v) is 5.03. The standard InChI is InChI=1S/C18H17FN2/c1-3-8-17-20-16-12-7-11-15(19)18(16)13(2)21(17)14-9-5-4-6-10-14/h4-7,9-12H,2-3,8H2,1H3. The molecule has 1 aliphatic rings. The highest BCUT2D eigenvalue weighted by molar-refractivity contribution is 6.13. The van der Waals surface area contributed by atoms with Crippen molar-refractivity contribution in [1.29, 1.82) is 0 Å². The highest BCUT2D eigenvalue weighted by Gasteiger charge is 2.26. The Morgan fingerprint density at radius 2 is 1.86 bits per heavy atom. The van der Waals surface area contributed by atoms with E-state index in [2.05, 4.69) is 18.5 Å². The molecule has 2 nitrogen and oxygen atoms in total. The number of hydrogen-bond donors (Lipinski definition) is 0. The first-order valence-corrected chi connectivity index (χ1v) is 7.13. The summed E-state index contributed by atoms with van der Waals surface area (Å²) in [6, 6.07) is 14.8. The Bertz CT molecular complexity index is 704. The average Bonchev–Trinajstić information content (AvgIpc) is 2.48. The summed E-state index contributed by atoms with van der Waals surface area (Å²) in [7, 11) is 0. The molecule has 2 aromatic carbocycles. The monoisotopic (exact) mass is 280 g/mol. The van der Waals surface area contributed by atoms with Gasteiger partial charge in [-0.15, -0.1) is 0 Å². The van der Waals surface area contributed by atoms with Crippen LogP contribution in [0.3, 0.4) is 0 Å². The zero-order valence-corrected chi connectivity index (χ0v) is 12.0. The fourth-order valence-electron chi connectivity index (χ4n) is 2.62. The molecular weight excluding hydrogens is 263 g/mol. The minimum absolute atomic E-state index is 0.280. The van der Waals surface area contributed by atoms with Gasteiger partial charge < -0.3 is 0 Å². The van der Waals surface area contributed by atoms with Gasteiger partial charge in [0, 0.05) is 12.1 Å². The molecule has 0 N–H and O–H groups in total. The van der Waals surface area contributed by atoms with Gasteiger partial charge in [0.25, 0.3) is 0 Å². The summed E-state index contributed by atoms with van der Waals surface area (Å²) >= 11 is 0. The Hall–Kier alpha value is -2.42.